The molecule has 0 aromatic heterocycles. The molecule has 0 saturated carbocycles. The number of carbonyl (C=O) groups is 2. The van der Waals surface area contributed by atoms with Crippen LogP contribution in [0.4, 0.5) is 0 Å². The summed E-state index contributed by atoms with van der Waals surface area (Å²) < 4.78 is 0. The van der Waals surface area contributed by atoms with Gasteiger partial charge in [0.15, 0.2) is 0 Å². The van der Waals surface area contributed by atoms with Gasteiger partial charge in [0, 0.05) is 24.6 Å². The summed E-state index contributed by atoms with van der Waals surface area (Å²) in [5, 5.41) is 19.2. The number of nitrogens with one attached hydrogen (secondary N) is 1. The molecule has 5 nitrogen and oxygen atoms in total. The van der Waals surface area contributed by atoms with Crippen molar-refractivity contribution in [3.05, 3.63) is 82.9 Å². The van der Waals surface area contributed by atoms with Gasteiger partial charge >= 0.3 is 11.9 Å². The van der Waals surface area contributed by atoms with E-state index < -0.39 is 11.9 Å². The molecule has 27 heavy (non-hydrogen) atoms. The van der Waals surface area contributed by atoms with Crippen molar-refractivity contribution in [3.63, 3.8) is 0 Å². The van der Waals surface area contributed by atoms with E-state index in [1.54, 1.807) is 11.1 Å². The molecule has 2 aliphatic rings. The summed E-state index contributed by atoms with van der Waals surface area (Å²) in [6, 6.07) is 18.1. The van der Waals surface area contributed by atoms with Crippen LogP contribution in [0.3, 0.4) is 0 Å². The number of piperidine rings is 1. The maximum atomic E-state index is 9.55. The first kappa shape index (κ1) is 18.9. The number of carboxylic acid groups (broad SMARTS) is 2. The molecule has 1 aliphatic carbocycles. The topological polar surface area (TPSA) is 86.6 Å². The highest BCUT2D eigenvalue weighted by Gasteiger charge is 2.32. The van der Waals surface area contributed by atoms with Crippen LogP contribution in [0, 0.1) is 0 Å². The predicted octanol–water partition coefficient (Wildman–Crippen LogP) is 3.16. The Morgan fingerprint density at radius 1 is 0.852 bits per heavy atom. The van der Waals surface area contributed by atoms with Crippen molar-refractivity contribution < 1.29 is 19.8 Å². The molecule has 1 saturated heterocycles. The third-order valence-corrected chi connectivity index (χ3v) is 5.14. The van der Waals surface area contributed by atoms with Gasteiger partial charge in [-0.1, -0.05) is 48.5 Å². The zero-order valence-electron chi connectivity index (χ0n) is 15.0. The van der Waals surface area contributed by atoms with E-state index in [1.165, 1.54) is 17.5 Å². The van der Waals surface area contributed by atoms with Gasteiger partial charge in [-0.3, -0.25) is 0 Å². The molecule has 0 amide bonds. The molecule has 0 bridgehead atoms. The van der Waals surface area contributed by atoms with Gasteiger partial charge < -0.3 is 15.5 Å². The highest BCUT2D eigenvalue weighted by molar-refractivity contribution is 5.89. The molecular formula is C22H23NO4. The number of rotatable bonds is 2. The number of aliphatic carboxylic acids is 2. The number of benzene rings is 2. The number of fused-ring (bicyclic) bond motifs is 5. The van der Waals surface area contributed by atoms with Crippen molar-refractivity contribution in [1.82, 2.24) is 5.32 Å². The molecule has 0 radical (unpaired) electrons. The fourth-order valence-electron chi connectivity index (χ4n) is 4.02. The molecule has 1 fully saturated rings. The Bertz CT molecular complexity index is 789. The van der Waals surface area contributed by atoms with Crippen molar-refractivity contribution in [2.75, 3.05) is 13.1 Å². The Morgan fingerprint density at radius 2 is 1.37 bits per heavy atom. The minimum absolute atomic E-state index is 0.558. The molecule has 4 rings (SSSR count). The van der Waals surface area contributed by atoms with E-state index in [0.717, 1.165) is 19.5 Å². The lowest BCUT2D eigenvalue weighted by Gasteiger charge is -2.33. The van der Waals surface area contributed by atoms with Gasteiger partial charge in [0.2, 0.25) is 0 Å². The van der Waals surface area contributed by atoms with E-state index in [1.807, 2.05) is 0 Å². The van der Waals surface area contributed by atoms with Gasteiger partial charge in [0.05, 0.1) is 0 Å². The summed E-state index contributed by atoms with van der Waals surface area (Å²) in [6.07, 6.45) is 3.47. The van der Waals surface area contributed by atoms with E-state index in [9.17, 15) is 9.59 Å². The Balaban J connectivity index is 0.000000226. The van der Waals surface area contributed by atoms with E-state index in [4.69, 9.17) is 10.2 Å². The molecule has 3 N–H and O–H groups in total. The average Bonchev–Trinajstić information content (AvgIpc) is 2.82. The van der Waals surface area contributed by atoms with E-state index >= 15 is 0 Å². The van der Waals surface area contributed by atoms with Crippen molar-refractivity contribution in [2.24, 2.45) is 0 Å². The van der Waals surface area contributed by atoms with Crippen LogP contribution < -0.4 is 5.32 Å². The molecule has 1 aliphatic heterocycles. The first-order chi connectivity index (χ1) is 13.1. The zero-order valence-corrected chi connectivity index (χ0v) is 15.0. The predicted molar refractivity (Wildman–Crippen MR) is 103 cm³/mol. The van der Waals surface area contributed by atoms with E-state index in [2.05, 4.69) is 53.8 Å². The standard InChI is InChI=1S/C18H19N.C4H4O4/c1-3-7-15-13(5-1)11-14-6-2-4-8-16(14)18-12-19-10-9-17(15)18;5-3(6)1-2-4(7)8/h1-8,17-19H,9-12H2;1-2H,(H,5,6)(H,7,8)/b;2-1-/t17-,18-;/m1./s1. The third kappa shape index (κ3) is 4.63. The van der Waals surface area contributed by atoms with Crippen LogP contribution in [0.15, 0.2) is 60.7 Å². The zero-order chi connectivity index (χ0) is 19.2. The lowest BCUT2D eigenvalue weighted by molar-refractivity contribution is -0.134. The lowest BCUT2D eigenvalue weighted by Crippen LogP contribution is -2.34. The summed E-state index contributed by atoms with van der Waals surface area (Å²) in [4.78, 5) is 19.1. The molecule has 0 spiro atoms. The second kappa shape index (κ2) is 8.64. The van der Waals surface area contributed by atoms with Crippen molar-refractivity contribution >= 4 is 11.9 Å². The maximum absolute atomic E-state index is 9.55. The van der Waals surface area contributed by atoms with Gasteiger partial charge in [-0.15, -0.1) is 0 Å². The molecule has 140 valence electrons. The maximum Gasteiger partial charge on any atom is 0.328 e. The van der Waals surface area contributed by atoms with Gasteiger partial charge in [-0.05, 0) is 47.6 Å². The Morgan fingerprint density at radius 3 is 1.93 bits per heavy atom. The minimum Gasteiger partial charge on any atom is -0.478 e. The van der Waals surface area contributed by atoms with Crippen molar-refractivity contribution in [1.29, 1.82) is 0 Å². The molecular weight excluding hydrogens is 342 g/mol. The van der Waals surface area contributed by atoms with E-state index in [0.29, 0.717) is 24.0 Å². The average molecular weight is 365 g/mol. The number of hydrogen-bond acceptors (Lipinski definition) is 3. The highest BCUT2D eigenvalue weighted by atomic mass is 16.4. The van der Waals surface area contributed by atoms with Gasteiger partial charge in [0.1, 0.15) is 0 Å². The van der Waals surface area contributed by atoms with Crippen molar-refractivity contribution in [2.45, 2.75) is 24.7 Å². The molecule has 5 heteroatoms. The third-order valence-electron chi connectivity index (χ3n) is 5.14. The minimum atomic E-state index is -1.26. The van der Waals surface area contributed by atoms with Crippen LogP contribution in [0.25, 0.3) is 0 Å². The van der Waals surface area contributed by atoms with Crippen LogP contribution in [0.1, 0.15) is 40.5 Å². The van der Waals surface area contributed by atoms with E-state index in [-0.39, 0.29) is 0 Å². The van der Waals surface area contributed by atoms with Gasteiger partial charge in [-0.2, -0.15) is 0 Å². The Labute approximate surface area is 158 Å². The number of carboxylic acids is 2. The van der Waals surface area contributed by atoms with Crippen LogP contribution in [0.2, 0.25) is 0 Å². The molecule has 0 unspecified atom stereocenters. The smallest absolute Gasteiger partial charge is 0.328 e. The van der Waals surface area contributed by atoms with Crippen LogP contribution in [-0.2, 0) is 16.0 Å². The molecule has 2 atom stereocenters. The molecule has 1 heterocycles. The molecule has 2 aromatic rings. The monoisotopic (exact) mass is 365 g/mol. The summed E-state index contributed by atoms with van der Waals surface area (Å²) in [6.45, 7) is 2.27. The summed E-state index contributed by atoms with van der Waals surface area (Å²) in [7, 11) is 0. The normalized spacial score (nSPS) is 20.3. The van der Waals surface area contributed by atoms with Gasteiger partial charge in [-0.25, -0.2) is 9.59 Å². The lowest BCUT2D eigenvalue weighted by atomic mass is 9.77. The Kier molecular flexibility index (Phi) is 6.04. The first-order valence-corrected chi connectivity index (χ1v) is 9.06. The highest BCUT2D eigenvalue weighted by Crippen LogP contribution is 2.43. The second-order valence-electron chi connectivity index (χ2n) is 6.79. The first-order valence-electron chi connectivity index (χ1n) is 9.06. The van der Waals surface area contributed by atoms with Crippen LogP contribution in [0.5, 0.6) is 0 Å². The summed E-state index contributed by atoms with van der Waals surface area (Å²) >= 11 is 0. The summed E-state index contributed by atoms with van der Waals surface area (Å²) in [5.74, 6) is -1.17. The second-order valence-corrected chi connectivity index (χ2v) is 6.79. The molecule has 2 aromatic carbocycles. The number of hydrogen-bond donors (Lipinski definition) is 3. The van der Waals surface area contributed by atoms with Crippen LogP contribution >= 0.6 is 0 Å². The SMILES string of the molecule is O=C(O)/C=C\C(=O)O.c1ccc2c(c1)Cc1ccccc1[C@H]1CNCC[C@H]21. The summed E-state index contributed by atoms with van der Waals surface area (Å²) in [5.41, 5.74) is 6.21. The quantitative estimate of drug-likeness (QED) is 0.712. The van der Waals surface area contributed by atoms with Crippen LogP contribution in [-0.4, -0.2) is 35.2 Å². The van der Waals surface area contributed by atoms with Crippen molar-refractivity contribution in [3.8, 4) is 0 Å². The fraction of sp³-hybridized carbons (Fsp3) is 0.273. The Hall–Kier alpha value is -2.92. The van der Waals surface area contributed by atoms with Gasteiger partial charge in [0.25, 0.3) is 0 Å². The fourth-order valence-corrected chi connectivity index (χ4v) is 4.02. The largest absolute Gasteiger partial charge is 0.478 e.